The van der Waals surface area contributed by atoms with Crippen molar-refractivity contribution in [3.63, 3.8) is 0 Å². The molecule has 80 valence electrons. The van der Waals surface area contributed by atoms with Gasteiger partial charge in [-0.15, -0.1) is 0 Å². The molecule has 1 atom stereocenters. The summed E-state index contributed by atoms with van der Waals surface area (Å²) in [4.78, 5) is 12.9. The van der Waals surface area contributed by atoms with E-state index in [9.17, 15) is 4.79 Å². The maximum absolute atomic E-state index is 10.6. The van der Waals surface area contributed by atoms with Crippen LogP contribution in [0, 0.1) is 5.92 Å². The highest BCUT2D eigenvalue weighted by atomic mass is 16.4. The van der Waals surface area contributed by atoms with Gasteiger partial charge < -0.3 is 5.11 Å². The van der Waals surface area contributed by atoms with Crippen LogP contribution in [0.25, 0.3) is 0 Å². The lowest BCUT2D eigenvalue weighted by molar-refractivity contribution is -0.138. The summed E-state index contributed by atoms with van der Waals surface area (Å²) >= 11 is 0. The van der Waals surface area contributed by atoms with E-state index < -0.39 is 5.97 Å². The van der Waals surface area contributed by atoms with Crippen LogP contribution in [0.3, 0.4) is 0 Å². The highest BCUT2D eigenvalue weighted by Gasteiger charge is 2.21. The lowest BCUT2D eigenvalue weighted by atomic mass is 9.94. The fourth-order valence-corrected chi connectivity index (χ4v) is 2.09. The molecule has 1 fully saturated rings. The Morgan fingerprint density at radius 2 is 2.36 bits per heavy atom. The summed E-state index contributed by atoms with van der Waals surface area (Å²) in [7, 11) is 0. The standard InChI is InChI=1S/C11H19NO2/c1-9(2)7-12-5-3-4-10(8-12)6-11(13)14/h10H,1,3-8H2,2H3,(H,13,14). The van der Waals surface area contributed by atoms with E-state index in [0.717, 1.165) is 38.0 Å². The molecule has 1 rings (SSSR count). The number of likely N-dealkylation sites (tertiary alicyclic amines) is 1. The van der Waals surface area contributed by atoms with Crippen LogP contribution in [-0.2, 0) is 4.79 Å². The van der Waals surface area contributed by atoms with Crippen LogP contribution in [0.4, 0.5) is 0 Å². The average molecular weight is 197 g/mol. The van der Waals surface area contributed by atoms with E-state index in [0.29, 0.717) is 12.3 Å². The SMILES string of the molecule is C=C(C)CN1CCCC(CC(=O)O)C1. The molecule has 3 heteroatoms. The predicted octanol–water partition coefficient (Wildman–Crippen LogP) is 1.75. The largest absolute Gasteiger partial charge is 0.481 e. The molecule has 1 saturated heterocycles. The summed E-state index contributed by atoms with van der Waals surface area (Å²) in [6.45, 7) is 8.81. The second-order valence-electron chi connectivity index (χ2n) is 4.30. The van der Waals surface area contributed by atoms with Crippen molar-refractivity contribution in [3.05, 3.63) is 12.2 Å². The molecule has 0 aliphatic carbocycles. The molecule has 1 aliphatic rings. The van der Waals surface area contributed by atoms with Crippen LogP contribution in [0.2, 0.25) is 0 Å². The van der Waals surface area contributed by atoms with Crippen molar-refractivity contribution in [1.29, 1.82) is 0 Å². The second-order valence-corrected chi connectivity index (χ2v) is 4.30. The lowest BCUT2D eigenvalue weighted by Crippen LogP contribution is -2.37. The molecule has 14 heavy (non-hydrogen) atoms. The van der Waals surface area contributed by atoms with E-state index in [1.165, 1.54) is 0 Å². The molecular weight excluding hydrogens is 178 g/mol. The van der Waals surface area contributed by atoms with Crippen LogP contribution in [0.5, 0.6) is 0 Å². The molecular formula is C11H19NO2. The first-order valence-electron chi connectivity index (χ1n) is 5.16. The number of carboxylic acids is 1. The van der Waals surface area contributed by atoms with Gasteiger partial charge in [-0.25, -0.2) is 0 Å². The van der Waals surface area contributed by atoms with Crippen LogP contribution in [0.15, 0.2) is 12.2 Å². The second kappa shape index (κ2) is 5.15. The smallest absolute Gasteiger partial charge is 0.303 e. The topological polar surface area (TPSA) is 40.5 Å². The van der Waals surface area contributed by atoms with Crippen molar-refractivity contribution in [2.75, 3.05) is 19.6 Å². The van der Waals surface area contributed by atoms with E-state index in [1.54, 1.807) is 0 Å². The van der Waals surface area contributed by atoms with Gasteiger partial charge in [0.15, 0.2) is 0 Å². The minimum absolute atomic E-state index is 0.312. The number of rotatable bonds is 4. The molecule has 0 aromatic heterocycles. The van der Waals surface area contributed by atoms with E-state index in [2.05, 4.69) is 11.5 Å². The summed E-state index contributed by atoms with van der Waals surface area (Å²) in [5.41, 5.74) is 1.15. The number of carboxylic acid groups (broad SMARTS) is 1. The average Bonchev–Trinajstić information content (AvgIpc) is 2.01. The summed E-state index contributed by atoms with van der Waals surface area (Å²) in [6.07, 6.45) is 2.48. The number of nitrogens with zero attached hydrogens (tertiary/aromatic N) is 1. The third-order valence-electron chi connectivity index (χ3n) is 2.56. The van der Waals surface area contributed by atoms with Crippen molar-refractivity contribution >= 4 is 5.97 Å². The van der Waals surface area contributed by atoms with E-state index in [1.807, 2.05) is 6.92 Å². The van der Waals surface area contributed by atoms with Gasteiger partial charge in [-0.3, -0.25) is 9.69 Å². The van der Waals surface area contributed by atoms with Crippen LogP contribution in [0.1, 0.15) is 26.2 Å². The Hall–Kier alpha value is -0.830. The van der Waals surface area contributed by atoms with Gasteiger partial charge in [-0.1, -0.05) is 12.2 Å². The minimum atomic E-state index is -0.674. The first-order valence-corrected chi connectivity index (χ1v) is 5.16. The fourth-order valence-electron chi connectivity index (χ4n) is 2.09. The van der Waals surface area contributed by atoms with Gasteiger partial charge in [0, 0.05) is 19.5 Å². The normalized spacial score (nSPS) is 23.4. The highest BCUT2D eigenvalue weighted by molar-refractivity contribution is 5.67. The van der Waals surface area contributed by atoms with Crippen molar-refractivity contribution in [2.24, 2.45) is 5.92 Å². The molecule has 0 aromatic rings. The van der Waals surface area contributed by atoms with Gasteiger partial charge in [-0.05, 0) is 32.2 Å². The number of hydrogen-bond acceptors (Lipinski definition) is 2. The first kappa shape index (κ1) is 11.2. The van der Waals surface area contributed by atoms with Crippen molar-refractivity contribution < 1.29 is 9.90 Å². The Bertz CT molecular complexity index is 203. The molecule has 0 amide bonds. The van der Waals surface area contributed by atoms with Crippen molar-refractivity contribution in [2.45, 2.75) is 26.2 Å². The highest BCUT2D eigenvalue weighted by Crippen LogP contribution is 2.19. The Labute approximate surface area is 85.4 Å². The van der Waals surface area contributed by atoms with E-state index in [-0.39, 0.29) is 0 Å². The Balaban J connectivity index is 2.35. The first-order chi connectivity index (χ1) is 6.58. The van der Waals surface area contributed by atoms with E-state index in [4.69, 9.17) is 5.11 Å². The number of piperidine rings is 1. The van der Waals surface area contributed by atoms with Gasteiger partial charge in [0.25, 0.3) is 0 Å². The minimum Gasteiger partial charge on any atom is -0.481 e. The Morgan fingerprint density at radius 1 is 1.64 bits per heavy atom. The summed E-state index contributed by atoms with van der Waals surface area (Å²) in [6, 6.07) is 0. The van der Waals surface area contributed by atoms with Crippen molar-refractivity contribution in [3.8, 4) is 0 Å². The molecule has 0 saturated carbocycles. The number of aliphatic carboxylic acids is 1. The van der Waals surface area contributed by atoms with Gasteiger partial charge >= 0.3 is 5.97 Å². The molecule has 0 aromatic carbocycles. The molecule has 0 bridgehead atoms. The quantitative estimate of drug-likeness (QED) is 0.698. The molecule has 1 aliphatic heterocycles. The molecule has 1 unspecified atom stereocenters. The van der Waals surface area contributed by atoms with Crippen LogP contribution in [-0.4, -0.2) is 35.6 Å². The summed E-state index contributed by atoms with van der Waals surface area (Å²) in [5, 5.41) is 8.70. The van der Waals surface area contributed by atoms with Gasteiger partial charge in [0.1, 0.15) is 0 Å². The zero-order chi connectivity index (χ0) is 10.6. The van der Waals surface area contributed by atoms with Crippen LogP contribution < -0.4 is 0 Å². The van der Waals surface area contributed by atoms with Gasteiger partial charge in [0.2, 0.25) is 0 Å². The fraction of sp³-hybridized carbons (Fsp3) is 0.727. The number of hydrogen-bond donors (Lipinski definition) is 1. The Morgan fingerprint density at radius 3 is 2.93 bits per heavy atom. The van der Waals surface area contributed by atoms with Crippen LogP contribution >= 0.6 is 0 Å². The summed E-state index contributed by atoms with van der Waals surface area (Å²) in [5.74, 6) is -0.340. The summed E-state index contributed by atoms with van der Waals surface area (Å²) < 4.78 is 0. The zero-order valence-electron chi connectivity index (χ0n) is 8.83. The van der Waals surface area contributed by atoms with Gasteiger partial charge in [0.05, 0.1) is 0 Å². The number of carbonyl (C=O) groups is 1. The Kier molecular flexibility index (Phi) is 4.14. The van der Waals surface area contributed by atoms with Gasteiger partial charge in [-0.2, -0.15) is 0 Å². The lowest BCUT2D eigenvalue weighted by Gasteiger charge is -2.32. The zero-order valence-corrected chi connectivity index (χ0v) is 8.83. The third-order valence-corrected chi connectivity index (χ3v) is 2.56. The monoisotopic (exact) mass is 197 g/mol. The van der Waals surface area contributed by atoms with E-state index >= 15 is 0 Å². The maximum Gasteiger partial charge on any atom is 0.303 e. The molecule has 1 N–H and O–H groups in total. The third kappa shape index (κ3) is 3.92. The van der Waals surface area contributed by atoms with Crippen molar-refractivity contribution in [1.82, 2.24) is 4.90 Å². The maximum atomic E-state index is 10.6. The molecule has 3 nitrogen and oxygen atoms in total. The molecule has 1 heterocycles. The predicted molar refractivity (Wildman–Crippen MR) is 56.2 cm³/mol. The molecule has 0 radical (unpaired) electrons. The molecule has 0 spiro atoms.